The molecule has 0 heterocycles. The minimum atomic E-state index is -1.12. The Morgan fingerprint density at radius 3 is 2.62 bits per heavy atom. The van der Waals surface area contributed by atoms with Gasteiger partial charge in [-0.05, 0) is 32.0 Å². The molecule has 0 aliphatic heterocycles. The Kier molecular flexibility index (Phi) is 3.78. The zero-order chi connectivity index (χ0) is 12.3. The van der Waals surface area contributed by atoms with Crippen molar-refractivity contribution in [2.24, 2.45) is 0 Å². The third kappa shape index (κ3) is 3.72. The van der Waals surface area contributed by atoms with Gasteiger partial charge in [0.2, 0.25) is 0 Å². The molecule has 0 aliphatic carbocycles. The number of hydrogen-bond acceptors (Lipinski definition) is 3. The summed E-state index contributed by atoms with van der Waals surface area (Å²) in [5, 5.41) is 18.7. The highest BCUT2D eigenvalue weighted by Gasteiger charge is 2.17. The number of benzene rings is 1. The Morgan fingerprint density at radius 1 is 1.50 bits per heavy atom. The molecule has 0 spiro atoms. The standard InChI is InChI=1S/C11H13ClO4/c1-11(2,15)6-16-9-4-3-7(12)5-8(9)10(13)14/h3-5,15H,6H2,1-2H3,(H,13,14). The smallest absolute Gasteiger partial charge is 0.339 e. The molecule has 4 nitrogen and oxygen atoms in total. The number of rotatable bonds is 4. The predicted molar refractivity (Wildman–Crippen MR) is 60.2 cm³/mol. The van der Waals surface area contributed by atoms with E-state index in [0.717, 1.165) is 0 Å². The number of halogens is 1. The van der Waals surface area contributed by atoms with Crippen LogP contribution in [0.4, 0.5) is 0 Å². The van der Waals surface area contributed by atoms with Crippen LogP contribution in [0.15, 0.2) is 18.2 Å². The third-order valence-corrected chi connectivity index (χ3v) is 1.99. The van der Waals surface area contributed by atoms with Crippen LogP contribution in [-0.4, -0.2) is 28.4 Å². The molecule has 1 aromatic carbocycles. The average molecular weight is 245 g/mol. The summed E-state index contributed by atoms with van der Waals surface area (Å²) >= 11 is 5.68. The Labute approximate surface area is 98.4 Å². The van der Waals surface area contributed by atoms with Crippen LogP contribution < -0.4 is 4.74 Å². The van der Waals surface area contributed by atoms with E-state index in [1.165, 1.54) is 18.2 Å². The van der Waals surface area contributed by atoms with Crippen LogP contribution in [-0.2, 0) is 0 Å². The molecule has 88 valence electrons. The van der Waals surface area contributed by atoms with E-state index in [2.05, 4.69) is 0 Å². The molecule has 0 aromatic heterocycles. The number of aliphatic hydroxyl groups is 1. The molecule has 0 atom stereocenters. The van der Waals surface area contributed by atoms with Crippen LogP contribution in [0.5, 0.6) is 5.75 Å². The molecule has 1 aromatic rings. The first kappa shape index (κ1) is 12.8. The maximum atomic E-state index is 10.9. The fourth-order valence-electron chi connectivity index (χ4n) is 1.05. The second kappa shape index (κ2) is 4.72. The van der Waals surface area contributed by atoms with Crippen molar-refractivity contribution < 1.29 is 19.7 Å². The van der Waals surface area contributed by atoms with Crippen LogP contribution >= 0.6 is 11.6 Å². The van der Waals surface area contributed by atoms with Gasteiger partial charge >= 0.3 is 5.97 Å². The van der Waals surface area contributed by atoms with E-state index in [1.54, 1.807) is 13.8 Å². The lowest BCUT2D eigenvalue weighted by atomic mass is 10.1. The van der Waals surface area contributed by atoms with E-state index < -0.39 is 11.6 Å². The van der Waals surface area contributed by atoms with Crippen molar-refractivity contribution in [3.8, 4) is 5.75 Å². The topological polar surface area (TPSA) is 66.8 Å². The largest absolute Gasteiger partial charge is 0.490 e. The summed E-state index contributed by atoms with van der Waals surface area (Å²) in [7, 11) is 0. The van der Waals surface area contributed by atoms with Crippen LogP contribution in [0.25, 0.3) is 0 Å². The van der Waals surface area contributed by atoms with Gasteiger partial charge in [-0.15, -0.1) is 0 Å². The van der Waals surface area contributed by atoms with Gasteiger partial charge in [0.05, 0.1) is 5.60 Å². The molecule has 2 N–H and O–H groups in total. The first-order valence-electron chi connectivity index (χ1n) is 4.67. The Balaban J connectivity index is 2.91. The molecule has 0 saturated heterocycles. The van der Waals surface area contributed by atoms with E-state index in [1.807, 2.05) is 0 Å². The number of aromatic carboxylic acids is 1. The molecule has 0 aliphatic rings. The van der Waals surface area contributed by atoms with Crippen LogP contribution in [0.2, 0.25) is 5.02 Å². The lowest BCUT2D eigenvalue weighted by molar-refractivity contribution is 0.0275. The van der Waals surface area contributed by atoms with E-state index in [9.17, 15) is 9.90 Å². The Bertz CT molecular complexity index is 395. The van der Waals surface area contributed by atoms with Crippen LogP contribution in [0.3, 0.4) is 0 Å². The highest BCUT2D eigenvalue weighted by Crippen LogP contribution is 2.23. The summed E-state index contributed by atoms with van der Waals surface area (Å²) in [6.45, 7) is 3.15. The van der Waals surface area contributed by atoms with Gasteiger partial charge in [-0.1, -0.05) is 11.6 Å². The van der Waals surface area contributed by atoms with Gasteiger partial charge in [-0.25, -0.2) is 4.79 Å². The Morgan fingerprint density at radius 2 is 2.12 bits per heavy atom. The summed E-state index contributed by atoms with van der Waals surface area (Å²) in [5.74, 6) is -0.924. The number of hydrogen-bond donors (Lipinski definition) is 2. The van der Waals surface area contributed by atoms with Gasteiger partial charge in [-0.3, -0.25) is 0 Å². The SMILES string of the molecule is CC(C)(O)COc1ccc(Cl)cc1C(=O)O. The number of ether oxygens (including phenoxy) is 1. The number of carbonyl (C=O) groups is 1. The van der Waals surface area contributed by atoms with Crippen molar-refractivity contribution in [1.29, 1.82) is 0 Å². The normalized spacial score (nSPS) is 11.2. The minimum Gasteiger partial charge on any atom is -0.490 e. The van der Waals surface area contributed by atoms with Crippen LogP contribution in [0, 0.1) is 0 Å². The van der Waals surface area contributed by atoms with Crippen molar-refractivity contribution in [1.82, 2.24) is 0 Å². The average Bonchev–Trinajstić information content (AvgIpc) is 2.14. The van der Waals surface area contributed by atoms with E-state index in [0.29, 0.717) is 5.02 Å². The molecule has 0 radical (unpaired) electrons. The first-order chi connectivity index (χ1) is 7.29. The van der Waals surface area contributed by atoms with E-state index in [4.69, 9.17) is 21.4 Å². The highest BCUT2D eigenvalue weighted by molar-refractivity contribution is 6.31. The van der Waals surface area contributed by atoms with E-state index >= 15 is 0 Å². The van der Waals surface area contributed by atoms with Gasteiger partial charge in [0, 0.05) is 5.02 Å². The number of carboxylic acids is 1. The summed E-state index contributed by atoms with van der Waals surface area (Å²) < 4.78 is 5.23. The van der Waals surface area contributed by atoms with Gasteiger partial charge in [0.15, 0.2) is 0 Å². The van der Waals surface area contributed by atoms with Crippen molar-refractivity contribution in [3.63, 3.8) is 0 Å². The molecule has 0 saturated carbocycles. The maximum absolute atomic E-state index is 10.9. The molecular weight excluding hydrogens is 232 g/mol. The highest BCUT2D eigenvalue weighted by atomic mass is 35.5. The molecule has 0 unspecified atom stereocenters. The van der Waals surface area contributed by atoms with Crippen molar-refractivity contribution in [2.75, 3.05) is 6.61 Å². The van der Waals surface area contributed by atoms with Crippen molar-refractivity contribution in [2.45, 2.75) is 19.4 Å². The summed E-state index contributed by atoms with van der Waals surface area (Å²) in [4.78, 5) is 10.9. The zero-order valence-corrected chi connectivity index (χ0v) is 9.78. The summed E-state index contributed by atoms with van der Waals surface area (Å²) in [6.07, 6.45) is 0. The molecule has 5 heteroatoms. The summed E-state index contributed by atoms with van der Waals surface area (Å²) in [6, 6.07) is 4.31. The fraction of sp³-hybridized carbons (Fsp3) is 0.364. The fourth-order valence-corrected chi connectivity index (χ4v) is 1.22. The molecule has 0 bridgehead atoms. The quantitative estimate of drug-likeness (QED) is 0.852. The lowest BCUT2D eigenvalue weighted by Gasteiger charge is -2.18. The molecule has 0 amide bonds. The van der Waals surface area contributed by atoms with Crippen molar-refractivity contribution >= 4 is 17.6 Å². The second-order valence-corrected chi connectivity index (χ2v) is 4.48. The first-order valence-corrected chi connectivity index (χ1v) is 5.05. The molecule has 0 fully saturated rings. The Hall–Kier alpha value is -1.26. The van der Waals surface area contributed by atoms with Gasteiger partial charge in [-0.2, -0.15) is 0 Å². The summed E-state index contributed by atoms with van der Waals surface area (Å²) in [5.41, 5.74) is -1.04. The molecular formula is C11H13ClO4. The molecule has 1 rings (SSSR count). The second-order valence-electron chi connectivity index (χ2n) is 4.05. The molecule has 16 heavy (non-hydrogen) atoms. The maximum Gasteiger partial charge on any atom is 0.339 e. The van der Waals surface area contributed by atoms with E-state index in [-0.39, 0.29) is 17.9 Å². The van der Waals surface area contributed by atoms with Crippen molar-refractivity contribution in [3.05, 3.63) is 28.8 Å². The lowest BCUT2D eigenvalue weighted by Crippen LogP contribution is -2.28. The number of carboxylic acid groups (broad SMARTS) is 1. The van der Waals surface area contributed by atoms with Gasteiger partial charge < -0.3 is 14.9 Å². The minimum absolute atomic E-state index is 0.00884. The zero-order valence-electron chi connectivity index (χ0n) is 9.03. The third-order valence-electron chi connectivity index (χ3n) is 1.75. The monoisotopic (exact) mass is 244 g/mol. The van der Waals surface area contributed by atoms with Gasteiger partial charge in [0.1, 0.15) is 17.9 Å². The predicted octanol–water partition coefficient (Wildman–Crippen LogP) is 2.19. The van der Waals surface area contributed by atoms with Gasteiger partial charge in [0.25, 0.3) is 0 Å². The van der Waals surface area contributed by atoms with Crippen LogP contribution in [0.1, 0.15) is 24.2 Å².